The number of para-hydroxylation sites is 1. The van der Waals surface area contributed by atoms with E-state index in [0.29, 0.717) is 6.54 Å². The van der Waals surface area contributed by atoms with Crippen molar-refractivity contribution in [3.63, 3.8) is 0 Å². The van der Waals surface area contributed by atoms with Crippen LogP contribution in [0.4, 0.5) is 5.69 Å². The summed E-state index contributed by atoms with van der Waals surface area (Å²) in [6.45, 7) is 4.45. The average Bonchev–Trinajstić information content (AvgIpc) is 3.35. The maximum absolute atomic E-state index is 13.2. The highest BCUT2D eigenvalue weighted by Gasteiger charge is 2.23. The van der Waals surface area contributed by atoms with Gasteiger partial charge in [-0.15, -0.1) is 0 Å². The molecule has 34 heavy (non-hydrogen) atoms. The highest BCUT2D eigenvalue weighted by Crippen LogP contribution is 2.22. The minimum absolute atomic E-state index is 0.00670. The van der Waals surface area contributed by atoms with Crippen LogP contribution in [0.2, 0.25) is 0 Å². The molecule has 6 nitrogen and oxygen atoms in total. The third kappa shape index (κ3) is 7.31. The van der Waals surface area contributed by atoms with Gasteiger partial charge in [0.25, 0.3) is 0 Å². The van der Waals surface area contributed by atoms with Crippen LogP contribution in [0.25, 0.3) is 0 Å². The normalized spacial score (nSPS) is 13.6. The summed E-state index contributed by atoms with van der Waals surface area (Å²) in [5, 5.41) is 0. The minimum atomic E-state index is -3.74. The molecule has 1 aliphatic rings. The van der Waals surface area contributed by atoms with E-state index in [1.165, 1.54) is 24.1 Å². The largest absolute Gasteiger partial charge is 0.300 e. The van der Waals surface area contributed by atoms with E-state index >= 15 is 0 Å². The van der Waals surface area contributed by atoms with Crippen LogP contribution in [0.3, 0.4) is 0 Å². The van der Waals surface area contributed by atoms with E-state index in [0.717, 1.165) is 22.3 Å². The number of hydrogen-bond acceptors (Lipinski definition) is 4. The monoisotopic (exact) mass is 589 g/mol. The molecule has 1 saturated heterocycles. The highest BCUT2D eigenvalue weighted by atomic mass is 127. The van der Waals surface area contributed by atoms with E-state index in [9.17, 15) is 13.2 Å². The molecule has 1 heterocycles. The van der Waals surface area contributed by atoms with Gasteiger partial charge < -0.3 is 0 Å². The molecular weight excluding hydrogens is 561 g/mol. The molecule has 0 unspecified atom stereocenters. The molecular formula is C26H28IN3O3S. The first-order valence-corrected chi connectivity index (χ1v) is 13.6. The number of halogens is 1. The van der Waals surface area contributed by atoms with E-state index in [2.05, 4.69) is 51.2 Å². The smallest absolute Gasteiger partial charge is 0.244 e. The predicted molar refractivity (Wildman–Crippen MR) is 144 cm³/mol. The van der Waals surface area contributed by atoms with Crippen molar-refractivity contribution >= 4 is 44.2 Å². The van der Waals surface area contributed by atoms with Gasteiger partial charge >= 0.3 is 0 Å². The number of anilines is 1. The van der Waals surface area contributed by atoms with Crippen LogP contribution in [0.15, 0.2) is 59.5 Å². The summed E-state index contributed by atoms with van der Waals surface area (Å²) < 4.78 is 28.6. The molecule has 0 saturated carbocycles. The third-order valence-corrected chi connectivity index (χ3v) is 8.12. The molecule has 8 heteroatoms. The lowest BCUT2D eigenvalue weighted by Gasteiger charge is -2.20. The molecule has 2 aromatic rings. The Morgan fingerprint density at radius 2 is 1.50 bits per heavy atom. The number of hydrogen-bond donors (Lipinski definition) is 0. The van der Waals surface area contributed by atoms with Crippen molar-refractivity contribution in [3.8, 4) is 23.7 Å². The zero-order valence-electron chi connectivity index (χ0n) is 19.2. The van der Waals surface area contributed by atoms with Gasteiger partial charge in [0.1, 0.15) is 0 Å². The molecule has 0 atom stereocenters. The van der Waals surface area contributed by atoms with Crippen LogP contribution >= 0.6 is 22.6 Å². The van der Waals surface area contributed by atoms with Crippen molar-refractivity contribution in [2.24, 2.45) is 0 Å². The lowest BCUT2D eigenvalue weighted by Crippen LogP contribution is -2.32. The van der Waals surface area contributed by atoms with Crippen LogP contribution in [0.1, 0.15) is 19.8 Å². The molecule has 178 valence electrons. The maximum atomic E-state index is 13.2. The van der Waals surface area contributed by atoms with Gasteiger partial charge in [-0.25, -0.2) is 8.42 Å². The fourth-order valence-corrected chi connectivity index (χ4v) is 5.48. The lowest BCUT2D eigenvalue weighted by molar-refractivity contribution is -0.116. The Bertz CT molecular complexity index is 1200. The van der Waals surface area contributed by atoms with E-state index < -0.39 is 10.0 Å². The Labute approximate surface area is 216 Å². The minimum Gasteiger partial charge on any atom is -0.300 e. The number of likely N-dealkylation sites (tertiary alicyclic amines) is 1. The third-order valence-electron chi connectivity index (χ3n) is 5.40. The molecule has 0 bridgehead atoms. The SMILES string of the molecule is CC(=O)N(CC#CCN(CC#CCN1CCCC1)S(=O)(=O)c1ccccc1)c1ccccc1I. The Hall–Kier alpha value is -2.37. The highest BCUT2D eigenvalue weighted by molar-refractivity contribution is 14.1. The Morgan fingerprint density at radius 1 is 0.912 bits per heavy atom. The van der Waals surface area contributed by atoms with Gasteiger partial charge in [0.15, 0.2) is 0 Å². The van der Waals surface area contributed by atoms with Crippen LogP contribution < -0.4 is 4.90 Å². The van der Waals surface area contributed by atoms with Gasteiger partial charge in [0.2, 0.25) is 15.9 Å². The second kappa shape index (κ2) is 12.9. The molecule has 1 aliphatic heterocycles. The first-order chi connectivity index (χ1) is 16.4. The Morgan fingerprint density at radius 3 is 2.15 bits per heavy atom. The summed E-state index contributed by atoms with van der Waals surface area (Å²) >= 11 is 2.18. The molecule has 2 aromatic carbocycles. The standard InChI is InChI=1S/C26H28IN3O3S/c1-23(31)30(26-16-6-5-15-25(26)27)22-12-11-21-29(20-10-9-19-28-17-7-8-18-28)34(32,33)24-13-3-2-4-14-24/h2-6,13-16H,7-8,17-22H2,1H3. The fraction of sp³-hybridized carbons (Fsp3) is 0.346. The number of nitrogens with zero attached hydrogens (tertiary/aromatic N) is 3. The Kier molecular flexibility index (Phi) is 9.97. The van der Waals surface area contributed by atoms with Gasteiger partial charge in [-0.1, -0.05) is 54.0 Å². The topological polar surface area (TPSA) is 60.9 Å². The molecule has 0 radical (unpaired) electrons. The predicted octanol–water partition coefficient (Wildman–Crippen LogP) is 3.44. The van der Waals surface area contributed by atoms with Crippen molar-refractivity contribution in [1.82, 2.24) is 9.21 Å². The maximum Gasteiger partial charge on any atom is 0.244 e. The van der Waals surface area contributed by atoms with Crippen LogP contribution in [-0.2, 0) is 14.8 Å². The van der Waals surface area contributed by atoms with Crippen LogP contribution in [0, 0.1) is 27.3 Å². The molecule has 0 N–H and O–H groups in total. The van der Waals surface area contributed by atoms with Gasteiger partial charge in [-0.05, 0) is 72.8 Å². The summed E-state index contributed by atoms with van der Waals surface area (Å²) in [6, 6.07) is 15.9. The summed E-state index contributed by atoms with van der Waals surface area (Å²) in [5.41, 5.74) is 0.784. The molecule has 0 aliphatic carbocycles. The number of carbonyl (C=O) groups excluding carboxylic acids is 1. The fourth-order valence-electron chi connectivity index (χ4n) is 3.54. The number of sulfonamides is 1. The molecule has 1 fully saturated rings. The number of benzene rings is 2. The van der Waals surface area contributed by atoms with Gasteiger partial charge in [0.05, 0.1) is 36.8 Å². The Balaban J connectivity index is 1.73. The van der Waals surface area contributed by atoms with Gasteiger partial charge in [-0.2, -0.15) is 4.31 Å². The number of amides is 1. The van der Waals surface area contributed by atoms with Crippen molar-refractivity contribution < 1.29 is 13.2 Å². The van der Waals surface area contributed by atoms with Crippen molar-refractivity contribution in [2.45, 2.75) is 24.7 Å². The average molecular weight is 589 g/mol. The zero-order valence-corrected chi connectivity index (χ0v) is 22.2. The van der Waals surface area contributed by atoms with Crippen molar-refractivity contribution in [1.29, 1.82) is 0 Å². The second-order valence-electron chi connectivity index (χ2n) is 7.83. The summed E-state index contributed by atoms with van der Waals surface area (Å²) in [6.07, 6.45) is 2.37. The quantitative estimate of drug-likeness (QED) is 0.367. The summed E-state index contributed by atoms with van der Waals surface area (Å²) in [5.74, 6) is 11.9. The van der Waals surface area contributed by atoms with E-state index in [1.807, 2.05) is 24.3 Å². The van der Waals surface area contributed by atoms with Gasteiger partial charge in [0, 0.05) is 10.5 Å². The van der Waals surface area contributed by atoms with Crippen molar-refractivity contribution in [2.75, 3.05) is 44.2 Å². The van der Waals surface area contributed by atoms with Crippen LogP contribution in [-0.4, -0.2) is 62.8 Å². The van der Waals surface area contributed by atoms with Crippen LogP contribution in [0.5, 0.6) is 0 Å². The first kappa shape index (κ1) is 26.2. The molecule has 3 rings (SSSR count). The van der Waals surface area contributed by atoms with Crippen molar-refractivity contribution in [3.05, 3.63) is 58.2 Å². The second-order valence-corrected chi connectivity index (χ2v) is 10.9. The van der Waals surface area contributed by atoms with E-state index in [-0.39, 0.29) is 30.4 Å². The zero-order chi connectivity index (χ0) is 24.4. The van der Waals surface area contributed by atoms with Gasteiger partial charge in [-0.3, -0.25) is 14.6 Å². The summed E-state index contributed by atoms with van der Waals surface area (Å²) in [7, 11) is -3.74. The molecule has 0 aromatic heterocycles. The van der Waals surface area contributed by atoms with E-state index in [4.69, 9.17) is 0 Å². The lowest BCUT2D eigenvalue weighted by atomic mass is 10.3. The molecule has 0 spiro atoms. The number of carbonyl (C=O) groups is 1. The first-order valence-electron chi connectivity index (χ1n) is 11.1. The molecule has 1 amide bonds. The van der Waals surface area contributed by atoms with E-state index in [1.54, 1.807) is 35.2 Å². The number of rotatable bonds is 7. The summed E-state index contributed by atoms with van der Waals surface area (Å²) in [4.78, 5) is 16.2.